The molecular weight excluding hydrogens is 294 g/mol. The summed E-state index contributed by atoms with van der Waals surface area (Å²) in [6.45, 7) is 0. The SMILES string of the molecule is O=c1[nH]c2nc3ccccc3c(=O)n2/c1=C/c1ccc(O)cc1. The lowest BCUT2D eigenvalue weighted by atomic mass is 10.2. The molecule has 0 aliphatic rings. The lowest BCUT2D eigenvalue weighted by molar-refractivity contribution is 0.475. The van der Waals surface area contributed by atoms with E-state index in [1.54, 1.807) is 42.5 Å². The van der Waals surface area contributed by atoms with Gasteiger partial charge in [0.05, 0.1) is 10.9 Å². The van der Waals surface area contributed by atoms with E-state index >= 15 is 0 Å². The van der Waals surface area contributed by atoms with Crippen molar-refractivity contribution in [3.8, 4) is 5.75 Å². The molecule has 2 aromatic carbocycles. The van der Waals surface area contributed by atoms with Crippen molar-refractivity contribution in [3.05, 3.63) is 80.2 Å². The van der Waals surface area contributed by atoms with Crippen LogP contribution in [0.15, 0.2) is 58.1 Å². The van der Waals surface area contributed by atoms with Crippen molar-refractivity contribution in [2.75, 3.05) is 0 Å². The molecule has 0 aliphatic heterocycles. The number of rotatable bonds is 1. The monoisotopic (exact) mass is 305 g/mol. The molecule has 6 heteroatoms. The van der Waals surface area contributed by atoms with Crippen LogP contribution in [0.2, 0.25) is 0 Å². The van der Waals surface area contributed by atoms with Gasteiger partial charge in [-0.15, -0.1) is 0 Å². The summed E-state index contributed by atoms with van der Waals surface area (Å²) >= 11 is 0. The fraction of sp³-hybridized carbons (Fsp3) is 0. The number of aromatic hydroxyl groups is 1. The molecule has 4 aromatic rings. The van der Waals surface area contributed by atoms with Crippen molar-refractivity contribution in [1.29, 1.82) is 0 Å². The van der Waals surface area contributed by atoms with Gasteiger partial charge in [0.2, 0.25) is 5.78 Å². The molecule has 2 aromatic heterocycles. The highest BCUT2D eigenvalue weighted by Gasteiger charge is 2.10. The largest absolute Gasteiger partial charge is 0.508 e. The van der Waals surface area contributed by atoms with Gasteiger partial charge in [-0.05, 0) is 35.9 Å². The first-order chi connectivity index (χ1) is 11.1. The van der Waals surface area contributed by atoms with Crippen molar-refractivity contribution >= 4 is 22.8 Å². The van der Waals surface area contributed by atoms with E-state index in [1.165, 1.54) is 16.5 Å². The number of hydrogen-bond donors (Lipinski definition) is 2. The topological polar surface area (TPSA) is 87.5 Å². The Balaban J connectivity index is 2.13. The third-order valence-electron chi connectivity index (χ3n) is 3.67. The first-order valence-electron chi connectivity index (χ1n) is 6.98. The van der Waals surface area contributed by atoms with Crippen molar-refractivity contribution in [3.63, 3.8) is 0 Å². The summed E-state index contributed by atoms with van der Waals surface area (Å²) in [4.78, 5) is 31.8. The zero-order valence-corrected chi connectivity index (χ0v) is 11.9. The highest BCUT2D eigenvalue weighted by molar-refractivity contribution is 5.79. The van der Waals surface area contributed by atoms with Crippen LogP contribution in [0.5, 0.6) is 5.75 Å². The summed E-state index contributed by atoms with van der Waals surface area (Å²) in [5.41, 5.74) is 0.544. The number of aromatic amines is 1. The van der Waals surface area contributed by atoms with Crippen molar-refractivity contribution in [1.82, 2.24) is 14.4 Å². The fourth-order valence-corrected chi connectivity index (χ4v) is 2.57. The van der Waals surface area contributed by atoms with Gasteiger partial charge in [-0.25, -0.2) is 9.38 Å². The van der Waals surface area contributed by atoms with Crippen LogP contribution in [0.3, 0.4) is 0 Å². The predicted octanol–water partition coefficient (Wildman–Crippen LogP) is 0.789. The summed E-state index contributed by atoms with van der Waals surface area (Å²) in [6, 6.07) is 13.3. The Morgan fingerprint density at radius 3 is 2.57 bits per heavy atom. The molecule has 0 atom stereocenters. The number of nitrogens with one attached hydrogen (secondary N) is 1. The molecule has 0 bridgehead atoms. The average Bonchev–Trinajstić information content (AvgIpc) is 2.86. The number of fused-ring (bicyclic) bond motifs is 2. The quantitative estimate of drug-likeness (QED) is 0.544. The van der Waals surface area contributed by atoms with Crippen molar-refractivity contribution in [2.45, 2.75) is 0 Å². The summed E-state index contributed by atoms with van der Waals surface area (Å²) < 4.78 is 1.28. The number of phenols is 1. The number of H-pyrrole nitrogens is 1. The molecule has 4 rings (SSSR count). The van der Waals surface area contributed by atoms with Crippen LogP contribution < -0.4 is 16.5 Å². The normalized spacial score (nSPS) is 12.3. The first-order valence-corrected chi connectivity index (χ1v) is 6.98. The van der Waals surface area contributed by atoms with Crippen LogP contribution in [-0.2, 0) is 0 Å². The minimum absolute atomic E-state index is 0.133. The van der Waals surface area contributed by atoms with Gasteiger partial charge in [-0.2, -0.15) is 0 Å². The predicted molar refractivity (Wildman–Crippen MR) is 86.5 cm³/mol. The number of aromatic nitrogens is 3. The number of imidazole rings is 1. The minimum atomic E-state index is -0.391. The number of phenolic OH excluding ortho intramolecular Hbond substituents is 1. The maximum absolute atomic E-state index is 12.7. The second kappa shape index (κ2) is 4.81. The smallest absolute Gasteiger partial charge is 0.275 e. The van der Waals surface area contributed by atoms with Gasteiger partial charge < -0.3 is 5.11 Å². The van der Waals surface area contributed by atoms with Gasteiger partial charge in [0.1, 0.15) is 11.1 Å². The van der Waals surface area contributed by atoms with Crippen LogP contribution in [-0.4, -0.2) is 19.5 Å². The lowest BCUT2D eigenvalue weighted by Crippen LogP contribution is -2.32. The van der Waals surface area contributed by atoms with Gasteiger partial charge in [0, 0.05) is 0 Å². The molecule has 23 heavy (non-hydrogen) atoms. The highest BCUT2D eigenvalue weighted by Crippen LogP contribution is 2.10. The molecule has 0 unspecified atom stereocenters. The van der Waals surface area contributed by atoms with Crippen LogP contribution in [0, 0.1) is 0 Å². The van der Waals surface area contributed by atoms with E-state index in [9.17, 15) is 14.7 Å². The Morgan fingerprint density at radius 2 is 1.78 bits per heavy atom. The molecule has 2 N–H and O–H groups in total. The maximum Gasteiger partial charge on any atom is 0.275 e. The van der Waals surface area contributed by atoms with Gasteiger partial charge in [-0.3, -0.25) is 14.6 Å². The van der Waals surface area contributed by atoms with E-state index in [-0.39, 0.29) is 22.4 Å². The molecular formula is C17H11N3O3. The molecule has 0 saturated heterocycles. The first kappa shape index (κ1) is 13.3. The molecule has 2 heterocycles. The minimum Gasteiger partial charge on any atom is -0.508 e. The highest BCUT2D eigenvalue weighted by atomic mass is 16.3. The summed E-state index contributed by atoms with van der Waals surface area (Å²) in [5.74, 6) is 0.344. The zero-order chi connectivity index (χ0) is 16.0. The van der Waals surface area contributed by atoms with Gasteiger partial charge in [0.15, 0.2) is 0 Å². The maximum atomic E-state index is 12.7. The van der Waals surface area contributed by atoms with Crippen molar-refractivity contribution in [2.24, 2.45) is 0 Å². The van der Waals surface area contributed by atoms with E-state index in [4.69, 9.17) is 0 Å². The number of hydrogen-bond acceptors (Lipinski definition) is 4. The molecule has 0 radical (unpaired) electrons. The van der Waals surface area contributed by atoms with Gasteiger partial charge in [-0.1, -0.05) is 24.3 Å². The summed E-state index contributed by atoms with van der Waals surface area (Å²) in [6.07, 6.45) is 1.59. The second-order valence-corrected chi connectivity index (χ2v) is 5.17. The molecule has 0 saturated carbocycles. The van der Waals surface area contributed by atoms with Gasteiger partial charge in [0.25, 0.3) is 11.1 Å². The van der Waals surface area contributed by atoms with Crippen molar-refractivity contribution < 1.29 is 5.11 Å². The van der Waals surface area contributed by atoms with E-state index in [2.05, 4.69) is 9.97 Å². The Morgan fingerprint density at radius 1 is 1.04 bits per heavy atom. The zero-order valence-electron chi connectivity index (χ0n) is 11.9. The Hall–Kier alpha value is -3.41. The Kier molecular flexibility index (Phi) is 2.77. The lowest BCUT2D eigenvalue weighted by Gasteiger charge is -1.98. The molecule has 0 amide bonds. The number of nitrogens with zero attached hydrogens (tertiary/aromatic N) is 2. The molecule has 6 nitrogen and oxygen atoms in total. The fourth-order valence-electron chi connectivity index (χ4n) is 2.57. The van der Waals surface area contributed by atoms with Crippen LogP contribution >= 0.6 is 0 Å². The average molecular weight is 305 g/mol. The molecule has 0 aliphatic carbocycles. The van der Waals surface area contributed by atoms with Crippen LogP contribution in [0.25, 0.3) is 22.8 Å². The third-order valence-corrected chi connectivity index (χ3v) is 3.67. The third kappa shape index (κ3) is 2.08. The van der Waals surface area contributed by atoms with E-state index < -0.39 is 5.56 Å². The summed E-state index contributed by atoms with van der Waals surface area (Å²) in [5, 5.41) is 9.98. The van der Waals surface area contributed by atoms with Crippen LogP contribution in [0.4, 0.5) is 0 Å². The van der Waals surface area contributed by atoms with E-state index in [1.807, 2.05) is 0 Å². The van der Waals surface area contributed by atoms with Gasteiger partial charge >= 0.3 is 0 Å². The Labute approximate surface area is 129 Å². The molecule has 0 spiro atoms. The van der Waals surface area contributed by atoms with E-state index in [0.29, 0.717) is 16.5 Å². The standard InChI is InChI=1S/C17H11N3O3/c21-11-7-5-10(6-8-11)9-14-15(22)19-17-18-13-4-2-1-3-12(13)16(23)20(14)17/h1-9,21H,(H,18,19,22)/b14-9+. The number of para-hydroxylation sites is 1. The van der Waals surface area contributed by atoms with Crippen LogP contribution in [0.1, 0.15) is 5.56 Å². The Bertz CT molecular complexity index is 1200. The summed E-state index contributed by atoms with van der Waals surface area (Å²) in [7, 11) is 0. The second-order valence-electron chi connectivity index (χ2n) is 5.17. The van der Waals surface area contributed by atoms with E-state index in [0.717, 1.165) is 0 Å². The number of benzene rings is 2. The molecule has 0 fully saturated rings. The molecule has 112 valence electrons.